The minimum absolute atomic E-state index is 0.120. The van der Waals surface area contributed by atoms with E-state index in [9.17, 15) is 9.59 Å². The molecule has 0 aliphatic carbocycles. The predicted octanol–water partition coefficient (Wildman–Crippen LogP) is 2.76. The second-order valence-corrected chi connectivity index (χ2v) is 5.89. The molecule has 1 amide bonds. The van der Waals surface area contributed by atoms with Crippen LogP contribution in [0.2, 0.25) is 0 Å². The van der Waals surface area contributed by atoms with E-state index in [0.717, 1.165) is 12.8 Å². The van der Waals surface area contributed by atoms with Crippen LogP contribution in [0.3, 0.4) is 0 Å². The fraction of sp³-hybridized carbons (Fsp3) is 0.846. The number of likely N-dealkylation sites (tertiary alicyclic amines) is 1. The third kappa shape index (κ3) is 5.68. The molecule has 1 fully saturated rings. The zero-order valence-electron chi connectivity index (χ0n) is 11.8. The lowest BCUT2D eigenvalue weighted by atomic mass is 10.0. The van der Waals surface area contributed by atoms with Gasteiger partial charge >= 0.3 is 12.1 Å². The molecule has 19 heavy (non-hydrogen) atoms. The maximum absolute atomic E-state index is 11.9. The molecule has 1 aliphatic heterocycles. The van der Waals surface area contributed by atoms with E-state index < -0.39 is 5.60 Å². The van der Waals surface area contributed by atoms with Crippen LogP contribution in [-0.2, 0) is 14.3 Å². The molecule has 1 heterocycles. The SMILES string of the molecule is CC(C)(C)OC(=O)N1CCCC(C(=O)OCCl)CC1. The van der Waals surface area contributed by atoms with Crippen molar-refractivity contribution < 1.29 is 19.1 Å². The lowest BCUT2D eigenvalue weighted by Crippen LogP contribution is -2.37. The first-order valence-electron chi connectivity index (χ1n) is 6.54. The maximum atomic E-state index is 11.9. The molecule has 0 saturated carbocycles. The Labute approximate surface area is 119 Å². The van der Waals surface area contributed by atoms with Crippen molar-refractivity contribution in [1.82, 2.24) is 4.90 Å². The Morgan fingerprint density at radius 2 is 1.95 bits per heavy atom. The molecular weight excluding hydrogens is 270 g/mol. The highest BCUT2D eigenvalue weighted by molar-refractivity contribution is 6.17. The quantitative estimate of drug-likeness (QED) is 0.580. The highest BCUT2D eigenvalue weighted by Gasteiger charge is 2.28. The first-order chi connectivity index (χ1) is 8.83. The molecule has 1 unspecified atom stereocenters. The average molecular weight is 292 g/mol. The van der Waals surface area contributed by atoms with Gasteiger partial charge in [0, 0.05) is 13.1 Å². The second kappa shape index (κ2) is 6.98. The zero-order valence-corrected chi connectivity index (χ0v) is 12.5. The first kappa shape index (κ1) is 16.1. The monoisotopic (exact) mass is 291 g/mol. The highest BCUT2D eigenvalue weighted by Crippen LogP contribution is 2.20. The van der Waals surface area contributed by atoms with Gasteiger partial charge in [0.15, 0.2) is 6.07 Å². The second-order valence-electron chi connectivity index (χ2n) is 5.67. The Bertz CT molecular complexity index is 327. The van der Waals surface area contributed by atoms with Gasteiger partial charge in [0.2, 0.25) is 0 Å². The topological polar surface area (TPSA) is 55.8 Å². The van der Waals surface area contributed by atoms with Crippen LogP contribution in [0.5, 0.6) is 0 Å². The number of carbonyl (C=O) groups is 2. The third-order valence-corrected chi connectivity index (χ3v) is 3.02. The van der Waals surface area contributed by atoms with Crippen molar-refractivity contribution in [2.75, 3.05) is 19.2 Å². The summed E-state index contributed by atoms with van der Waals surface area (Å²) in [5, 5.41) is 0. The summed E-state index contributed by atoms with van der Waals surface area (Å²) in [6.45, 7) is 6.63. The molecule has 0 aromatic carbocycles. The summed E-state index contributed by atoms with van der Waals surface area (Å²) in [7, 11) is 0. The van der Waals surface area contributed by atoms with Crippen LogP contribution in [0.1, 0.15) is 40.0 Å². The van der Waals surface area contributed by atoms with Crippen LogP contribution in [0.15, 0.2) is 0 Å². The number of ether oxygens (including phenoxy) is 2. The van der Waals surface area contributed by atoms with E-state index in [0.29, 0.717) is 19.5 Å². The summed E-state index contributed by atoms with van der Waals surface area (Å²) in [5.74, 6) is -0.452. The summed E-state index contributed by atoms with van der Waals surface area (Å²) in [5.41, 5.74) is -0.500. The Kier molecular flexibility index (Phi) is 5.91. The summed E-state index contributed by atoms with van der Waals surface area (Å²) < 4.78 is 10.1. The number of amides is 1. The number of hydrogen-bond acceptors (Lipinski definition) is 4. The number of esters is 1. The third-order valence-electron chi connectivity index (χ3n) is 2.91. The average Bonchev–Trinajstić information content (AvgIpc) is 2.52. The fourth-order valence-electron chi connectivity index (χ4n) is 2.01. The molecule has 5 nitrogen and oxygen atoms in total. The van der Waals surface area contributed by atoms with E-state index in [2.05, 4.69) is 0 Å². The van der Waals surface area contributed by atoms with Crippen LogP contribution in [0.4, 0.5) is 4.79 Å². The molecule has 1 saturated heterocycles. The Morgan fingerprint density at radius 1 is 1.26 bits per heavy atom. The van der Waals surface area contributed by atoms with Gasteiger partial charge in [-0.05, 0) is 40.0 Å². The molecule has 0 radical (unpaired) electrons. The molecule has 6 heteroatoms. The van der Waals surface area contributed by atoms with Crippen molar-refractivity contribution in [3.8, 4) is 0 Å². The maximum Gasteiger partial charge on any atom is 0.410 e. The Hall–Kier alpha value is -0.970. The van der Waals surface area contributed by atoms with E-state index in [-0.39, 0.29) is 24.0 Å². The van der Waals surface area contributed by atoms with Crippen molar-refractivity contribution in [1.29, 1.82) is 0 Å². The number of hydrogen-bond donors (Lipinski definition) is 0. The first-order valence-corrected chi connectivity index (χ1v) is 7.07. The normalized spacial score (nSPS) is 20.6. The van der Waals surface area contributed by atoms with E-state index in [1.807, 2.05) is 20.8 Å². The summed E-state index contributed by atoms with van der Waals surface area (Å²) in [6.07, 6.45) is 1.75. The van der Waals surface area contributed by atoms with Gasteiger partial charge in [-0.3, -0.25) is 4.79 Å². The molecule has 1 atom stereocenters. The van der Waals surface area contributed by atoms with Gasteiger partial charge in [-0.25, -0.2) is 4.79 Å². The van der Waals surface area contributed by atoms with Gasteiger partial charge in [-0.2, -0.15) is 0 Å². The van der Waals surface area contributed by atoms with Crippen molar-refractivity contribution in [3.63, 3.8) is 0 Å². The fourth-order valence-corrected chi connectivity index (χ4v) is 2.12. The molecule has 0 bridgehead atoms. The van der Waals surface area contributed by atoms with E-state index >= 15 is 0 Å². The van der Waals surface area contributed by atoms with Crippen LogP contribution >= 0.6 is 11.6 Å². The van der Waals surface area contributed by atoms with Gasteiger partial charge < -0.3 is 14.4 Å². The van der Waals surface area contributed by atoms with E-state index in [4.69, 9.17) is 21.1 Å². The van der Waals surface area contributed by atoms with Gasteiger partial charge in [0.1, 0.15) is 5.60 Å². The molecule has 0 aromatic rings. The van der Waals surface area contributed by atoms with Crippen molar-refractivity contribution in [3.05, 3.63) is 0 Å². The van der Waals surface area contributed by atoms with Crippen molar-refractivity contribution in [2.24, 2.45) is 5.92 Å². The molecule has 0 spiro atoms. The number of nitrogens with zero attached hydrogens (tertiary/aromatic N) is 1. The number of carbonyl (C=O) groups excluding carboxylic acids is 2. The molecule has 1 aliphatic rings. The standard InChI is InChI=1S/C13H22ClNO4/c1-13(2,3)19-12(17)15-7-4-5-10(6-8-15)11(16)18-9-14/h10H,4-9H2,1-3H3. The summed E-state index contributed by atoms with van der Waals surface area (Å²) in [4.78, 5) is 25.2. The lowest BCUT2D eigenvalue weighted by Gasteiger charge is -2.26. The molecular formula is C13H22ClNO4. The van der Waals surface area contributed by atoms with Crippen LogP contribution in [0.25, 0.3) is 0 Å². The number of halogens is 1. The smallest absolute Gasteiger partial charge is 0.410 e. The minimum Gasteiger partial charge on any atom is -0.449 e. The number of rotatable bonds is 2. The van der Waals surface area contributed by atoms with E-state index in [1.165, 1.54) is 0 Å². The van der Waals surface area contributed by atoms with Gasteiger partial charge in [-0.15, -0.1) is 0 Å². The van der Waals surface area contributed by atoms with Crippen LogP contribution in [-0.4, -0.2) is 41.7 Å². The van der Waals surface area contributed by atoms with Crippen LogP contribution < -0.4 is 0 Å². The Balaban J connectivity index is 2.50. The minimum atomic E-state index is -0.500. The molecule has 1 rings (SSSR count). The lowest BCUT2D eigenvalue weighted by molar-refractivity contribution is -0.146. The molecule has 0 N–H and O–H groups in total. The summed E-state index contributed by atoms with van der Waals surface area (Å²) >= 11 is 5.38. The zero-order chi connectivity index (χ0) is 14.5. The van der Waals surface area contributed by atoms with Gasteiger partial charge in [-0.1, -0.05) is 11.6 Å². The van der Waals surface area contributed by atoms with Crippen molar-refractivity contribution in [2.45, 2.75) is 45.6 Å². The molecule has 0 aromatic heterocycles. The van der Waals surface area contributed by atoms with Gasteiger partial charge in [0.25, 0.3) is 0 Å². The molecule has 110 valence electrons. The number of alkyl halides is 1. The summed E-state index contributed by atoms with van der Waals surface area (Å²) in [6, 6.07) is -0.120. The Morgan fingerprint density at radius 3 is 2.53 bits per heavy atom. The highest BCUT2D eigenvalue weighted by atomic mass is 35.5. The van der Waals surface area contributed by atoms with Gasteiger partial charge in [0.05, 0.1) is 5.92 Å². The van der Waals surface area contributed by atoms with E-state index in [1.54, 1.807) is 4.90 Å². The van der Waals surface area contributed by atoms with Crippen molar-refractivity contribution >= 4 is 23.7 Å². The largest absolute Gasteiger partial charge is 0.449 e. The van der Waals surface area contributed by atoms with Crippen LogP contribution in [0, 0.1) is 5.92 Å². The predicted molar refractivity (Wildman–Crippen MR) is 72.0 cm³/mol.